The molecule has 0 bridgehead atoms. The Bertz CT molecular complexity index is 646. The zero-order valence-corrected chi connectivity index (χ0v) is 12.6. The molecule has 21 heavy (non-hydrogen) atoms. The van der Waals surface area contributed by atoms with Crippen LogP contribution in [0.3, 0.4) is 0 Å². The Morgan fingerprint density at radius 1 is 1.33 bits per heavy atom. The maximum absolute atomic E-state index is 13.8. The van der Waals surface area contributed by atoms with Crippen molar-refractivity contribution < 1.29 is 9.13 Å². The Balaban J connectivity index is 2.06. The van der Waals surface area contributed by atoms with E-state index in [9.17, 15) is 4.39 Å². The molecule has 2 N–H and O–H groups in total. The summed E-state index contributed by atoms with van der Waals surface area (Å²) in [6.45, 7) is 2.18. The topological polar surface area (TPSA) is 53.1 Å². The summed E-state index contributed by atoms with van der Waals surface area (Å²) in [6, 6.07) is 3.37. The molecule has 1 heterocycles. The van der Waals surface area contributed by atoms with E-state index in [0.717, 1.165) is 5.52 Å². The van der Waals surface area contributed by atoms with Gasteiger partial charge in [-0.1, -0.05) is 19.3 Å². The van der Waals surface area contributed by atoms with Crippen LogP contribution in [0, 0.1) is 11.7 Å². The highest BCUT2D eigenvalue weighted by Gasteiger charge is 2.25. The number of methoxy groups -OCH3 is 1. The van der Waals surface area contributed by atoms with E-state index < -0.39 is 5.82 Å². The van der Waals surface area contributed by atoms with Crippen molar-refractivity contribution in [3.05, 3.63) is 17.9 Å². The van der Waals surface area contributed by atoms with Gasteiger partial charge < -0.3 is 15.0 Å². The molecule has 2 aromatic rings. The molecule has 1 aromatic heterocycles. The summed E-state index contributed by atoms with van der Waals surface area (Å²) in [4.78, 5) is 4.31. The van der Waals surface area contributed by atoms with Gasteiger partial charge in [-0.3, -0.25) is 0 Å². The molecule has 0 amide bonds. The summed E-state index contributed by atoms with van der Waals surface area (Å²) in [5.41, 5.74) is 7.53. The average Bonchev–Trinajstić information content (AvgIpc) is 2.81. The standard InChI is InChI=1S/C16H22FN3O/c1-10(11-6-4-3-5-7-11)20-14-9-15(21-2)12(17)8-13(14)19-16(20)18/h8-11H,3-7H2,1-2H3,(H2,18,19). The Hall–Kier alpha value is -1.78. The third-order valence-corrected chi connectivity index (χ3v) is 4.73. The molecule has 1 unspecified atom stereocenters. The van der Waals surface area contributed by atoms with E-state index in [4.69, 9.17) is 10.5 Å². The molecule has 114 valence electrons. The first-order chi connectivity index (χ1) is 10.1. The number of nitrogens with zero attached hydrogens (tertiary/aromatic N) is 2. The maximum atomic E-state index is 13.8. The van der Waals surface area contributed by atoms with Gasteiger partial charge in [-0.05, 0) is 25.7 Å². The second kappa shape index (κ2) is 5.54. The van der Waals surface area contributed by atoms with Crippen molar-refractivity contribution in [1.29, 1.82) is 0 Å². The van der Waals surface area contributed by atoms with Crippen LogP contribution < -0.4 is 10.5 Å². The number of halogens is 1. The summed E-state index contributed by atoms with van der Waals surface area (Å²) < 4.78 is 20.9. The molecular weight excluding hydrogens is 269 g/mol. The van der Waals surface area contributed by atoms with Crippen LogP contribution in [0.2, 0.25) is 0 Å². The summed E-state index contributed by atoms with van der Waals surface area (Å²) >= 11 is 0. The molecule has 1 saturated carbocycles. The number of nitrogens with two attached hydrogens (primary N) is 1. The van der Waals surface area contributed by atoms with E-state index in [2.05, 4.69) is 11.9 Å². The highest BCUT2D eigenvalue weighted by Crippen LogP contribution is 2.37. The molecule has 0 saturated heterocycles. The van der Waals surface area contributed by atoms with Crippen molar-refractivity contribution in [2.45, 2.75) is 45.1 Å². The SMILES string of the molecule is COc1cc2c(cc1F)nc(N)n2C(C)C1CCCCC1. The Labute approximate surface area is 124 Å². The van der Waals surface area contributed by atoms with Crippen LogP contribution in [-0.2, 0) is 0 Å². The predicted octanol–water partition coefficient (Wildman–Crippen LogP) is 3.91. The van der Waals surface area contributed by atoms with Crippen LogP contribution in [-0.4, -0.2) is 16.7 Å². The van der Waals surface area contributed by atoms with Crippen LogP contribution in [0.15, 0.2) is 12.1 Å². The number of rotatable bonds is 3. The van der Waals surface area contributed by atoms with E-state index in [1.807, 2.05) is 4.57 Å². The smallest absolute Gasteiger partial charge is 0.201 e. The van der Waals surface area contributed by atoms with Crippen molar-refractivity contribution in [2.24, 2.45) is 5.92 Å². The second-order valence-electron chi connectivity index (χ2n) is 5.95. The zero-order chi connectivity index (χ0) is 15.0. The highest BCUT2D eigenvalue weighted by molar-refractivity contribution is 5.80. The van der Waals surface area contributed by atoms with Gasteiger partial charge >= 0.3 is 0 Å². The fourth-order valence-corrected chi connectivity index (χ4v) is 3.53. The molecule has 1 aromatic carbocycles. The van der Waals surface area contributed by atoms with Gasteiger partial charge in [0.1, 0.15) is 0 Å². The molecule has 3 rings (SSSR count). The minimum atomic E-state index is -0.403. The lowest BCUT2D eigenvalue weighted by molar-refractivity contribution is 0.269. The van der Waals surface area contributed by atoms with Crippen molar-refractivity contribution in [3.8, 4) is 5.75 Å². The molecule has 0 radical (unpaired) electrons. The van der Waals surface area contributed by atoms with Crippen LogP contribution >= 0.6 is 0 Å². The van der Waals surface area contributed by atoms with Gasteiger partial charge in [-0.15, -0.1) is 0 Å². The zero-order valence-electron chi connectivity index (χ0n) is 12.6. The predicted molar refractivity (Wildman–Crippen MR) is 81.9 cm³/mol. The van der Waals surface area contributed by atoms with Gasteiger partial charge in [0.15, 0.2) is 11.6 Å². The monoisotopic (exact) mass is 291 g/mol. The third-order valence-electron chi connectivity index (χ3n) is 4.73. The number of hydrogen-bond acceptors (Lipinski definition) is 3. The first-order valence-corrected chi connectivity index (χ1v) is 7.62. The number of ether oxygens (including phenoxy) is 1. The molecule has 0 spiro atoms. The Kier molecular flexibility index (Phi) is 3.74. The highest BCUT2D eigenvalue weighted by atomic mass is 19.1. The Morgan fingerprint density at radius 2 is 2.05 bits per heavy atom. The molecular formula is C16H22FN3O. The van der Waals surface area contributed by atoms with Gasteiger partial charge in [0.05, 0.1) is 18.1 Å². The van der Waals surface area contributed by atoms with Gasteiger partial charge in [0, 0.05) is 18.2 Å². The molecule has 1 fully saturated rings. The third kappa shape index (κ3) is 2.45. The van der Waals surface area contributed by atoms with Crippen LogP contribution in [0.1, 0.15) is 45.1 Å². The van der Waals surface area contributed by atoms with Crippen LogP contribution in [0.25, 0.3) is 11.0 Å². The number of fused-ring (bicyclic) bond motifs is 1. The van der Waals surface area contributed by atoms with Gasteiger partial charge in [0.2, 0.25) is 5.95 Å². The van der Waals surface area contributed by atoms with Crippen molar-refractivity contribution in [3.63, 3.8) is 0 Å². The fraction of sp³-hybridized carbons (Fsp3) is 0.562. The molecule has 1 atom stereocenters. The Morgan fingerprint density at radius 3 is 2.71 bits per heavy atom. The quantitative estimate of drug-likeness (QED) is 0.933. The lowest BCUT2D eigenvalue weighted by atomic mass is 9.84. The van der Waals surface area contributed by atoms with Gasteiger partial charge in [-0.2, -0.15) is 0 Å². The maximum Gasteiger partial charge on any atom is 0.201 e. The van der Waals surface area contributed by atoms with Gasteiger partial charge in [-0.25, -0.2) is 9.37 Å². The molecule has 0 aliphatic heterocycles. The van der Waals surface area contributed by atoms with E-state index >= 15 is 0 Å². The normalized spacial score (nSPS) is 18.0. The number of imidazole rings is 1. The number of aromatic nitrogens is 2. The first kappa shape index (κ1) is 14.2. The molecule has 5 heteroatoms. The lowest BCUT2D eigenvalue weighted by Gasteiger charge is -2.29. The van der Waals surface area contributed by atoms with E-state index in [1.54, 1.807) is 6.07 Å². The average molecular weight is 291 g/mol. The number of nitrogen functional groups attached to an aromatic ring is 1. The minimum Gasteiger partial charge on any atom is -0.494 e. The van der Waals surface area contributed by atoms with Crippen molar-refractivity contribution in [1.82, 2.24) is 9.55 Å². The van der Waals surface area contributed by atoms with Crippen molar-refractivity contribution in [2.75, 3.05) is 12.8 Å². The first-order valence-electron chi connectivity index (χ1n) is 7.62. The van der Waals surface area contributed by atoms with E-state index in [1.165, 1.54) is 45.3 Å². The number of benzene rings is 1. The number of anilines is 1. The van der Waals surface area contributed by atoms with Crippen LogP contribution in [0.5, 0.6) is 5.75 Å². The van der Waals surface area contributed by atoms with E-state index in [0.29, 0.717) is 17.4 Å². The fourth-order valence-electron chi connectivity index (χ4n) is 3.53. The van der Waals surface area contributed by atoms with Crippen molar-refractivity contribution >= 4 is 17.0 Å². The largest absolute Gasteiger partial charge is 0.494 e. The molecule has 1 aliphatic carbocycles. The number of hydrogen-bond donors (Lipinski definition) is 1. The summed E-state index contributed by atoms with van der Waals surface area (Å²) in [5.74, 6) is 0.893. The summed E-state index contributed by atoms with van der Waals surface area (Å²) in [6.07, 6.45) is 6.32. The second-order valence-corrected chi connectivity index (χ2v) is 5.95. The summed E-state index contributed by atoms with van der Waals surface area (Å²) in [5, 5.41) is 0. The molecule has 4 nitrogen and oxygen atoms in total. The summed E-state index contributed by atoms with van der Waals surface area (Å²) in [7, 11) is 1.47. The van der Waals surface area contributed by atoms with Gasteiger partial charge in [0.25, 0.3) is 0 Å². The van der Waals surface area contributed by atoms with E-state index in [-0.39, 0.29) is 11.8 Å². The minimum absolute atomic E-state index is 0.236. The lowest BCUT2D eigenvalue weighted by Crippen LogP contribution is -2.20. The molecule has 1 aliphatic rings. The van der Waals surface area contributed by atoms with Crippen LogP contribution in [0.4, 0.5) is 10.3 Å².